The van der Waals surface area contributed by atoms with Gasteiger partial charge in [-0.25, -0.2) is 9.18 Å². The molecule has 0 heterocycles. The van der Waals surface area contributed by atoms with Crippen molar-refractivity contribution in [3.05, 3.63) is 48.3 Å². The monoisotopic (exact) mass is 406 g/mol. The highest BCUT2D eigenvalue weighted by atomic mass is 19.1. The lowest BCUT2D eigenvalue weighted by Gasteiger charge is -2.22. The molecule has 2 amide bonds. The maximum absolute atomic E-state index is 13.1. The predicted molar refractivity (Wildman–Crippen MR) is 110 cm³/mol. The first-order valence-corrected chi connectivity index (χ1v) is 9.88. The standard InChI is InChI=1S/C22H31FN2O4/c1-4-5-6-7-8-9-10-19(22(28)29-3)25-21(27)20(24-16(2)26)15-17-11-13-18(23)14-12-17/h4,11-14,19-20H,1,5-10,15H2,2-3H3,(H,24,26)(H,25,27)/t19-,20-/m1/s1. The van der Waals surface area contributed by atoms with E-state index in [1.807, 2.05) is 6.08 Å². The minimum atomic E-state index is -0.877. The molecular weight excluding hydrogens is 375 g/mol. The van der Waals surface area contributed by atoms with Gasteiger partial charge in [0, 0.05) is 13.3 Å². The molecule has 2 atom stereocenters. The van der Waals surface area contributed by atoms with Crippen LogP contribution in [0, 0.1) is 5.82 Å². The molecule has 2 N–H and O–H groups in total. The van der Waals surface area contributed by atoms with E-state index in [0.29, 0.717) is 12.0 Å². The first-order chi connectivity index (χ1) is 13.9. The number of unbranched alkanes of at least 4 members (excludes halogenated alkanes) is 4. The van der Waals surface area contributed by atoms with E-state index in [4.69, 9.17) is 4.74 Å². The largest absolute Gasteiger partial charge is 0.467 e. The lowest BCUT2D eigenvalue weighted by atomic mass is 10.0. The number of methoxy groups -OCH3 is 1. The summed E-state index contributed by atoms with van der Waals surface area (Å²) >= 11 is 0. The lowest BCUT2D eigenvalue weighted by Crippen LogP contribution is -2.52. The number of carbonyl (C=O) groups excluding carboxylic acids is 3. The SMILES string of the molecule is C=CCCCCCC[C@@H](NC(=O)[C@@H](Cc1ccc(F)cc1)NC(C)=O)C(=O)OC. The second-order valence-electron chi connectivity index (χ2n) is 6.95. The smallest absolute Gasteiger partial charge is 0.328 e. The molecule has 0 saturated carbocycles. The average Bonchev–Trinajstić information content (AvgIpc) is 2.69. The Morgan fingerprint density at radius 3 is 2.31 bits per heavy atom. The lowest BCUT2D eigenvalue weighted by molar-refractivity contribution is -0.145. The van der Waals surface area contributed by atoms with Gasteiger partial charge in [-0.05, 0) is 37.0 Å². The molecule has 0 radical (unpaired) electrons. The number of halogens is 1. The molecule has 0 spiro atoms. The van der Waals surface area contributed by atoms with Crippen LogP contribution in [0.15, 0.2) is 36.9 Å². The second-order valence-corrected chi connectivity index (χ2v) is 6.95. The van der Waals surface area contributed by atoms with Crippen molar-refractivity contribution in [2.24, 2.45) is 0 Å². The molecule has 160 valence electrons. The summed E-state index contributed by atoms with van der Waals surface area (Å²) in [5.74, 6) is -1.75. The van der Waals surface area contributed by atoms with Crippen LogP contribution in [0.25, 0.3) is 0 Å². The van der Waals surface area contributed by atoms with Gasteiger partial charge in [-0.2, -0.15) is 0 Å². The van der Waals surface area contributed by atoms with E-state index in [1.165, 1.54) is 26.2 Å². The van der Waals surface area contributed by atoms with E-state index in [0.717, 1.165) is 32.1 Å². The number of esters is 1. The molecule has 0 bridgehead atoms. The molecule has 1 aromatic rings. The van der Waals surface area contributed by atoms with Crippen molar-refractivity contribution >= 4 is 17.8 Å². The van der Waals surface area contributed by atoms with Crippen molar-refractivity contribution in [2.45, 2.75) is 64.0 Å². The van der Waals surface area contributed by atoms with Crippen molar-refractivity contribution in [1.29, 1.82) is 0 Å². The highest BCUT2D eigenvalue weighted by Gasteiger charge is 2.26. The molecule has 0 aromatic heterocycles. The van der Waals surface area contributed by atoms with Gasteiger partial charge in [-0.15, -0.1) is 6.58 Å². The molecule has 1 rings (SSSR count). The fraction of sp³-hybridized carbons (Fsp3) is 0.500. The third kappa shape index (κ3) is 9.87. The van der Waals surface area contributed by atoms with Gasteiger partial charge in [-0.1, -0.05) is 37.5 Å². The third-order valence-corrected chi connectivity index (χ3v) is 4.50. The van der Waals surface area contributed by atoms with E-state index in [2.05, 4.69) is 17.2 Å². The maximum Gasteiger partial charge on any atom is 0.328 e. The van der Waals surface area contributed by atoms with Crippen LogP contribution in [0.1, 0.15) is 51.0 Å². The highest BCUT2D eigenvalue weighted by molar-refractivity contribution is 5.90. The molecule has 0 aliphatic carbocycles. The quantitative estimate of drug-likeness (QED) is 0.300. The molecule has 0 saturated heterocycles. The number of hydrogen-bond acceptors (Lipinski definition) is 4. The summed E-state index contributed by atoms with van der Waals surface area (Å²) in [6.45, 7) is 5.00. The van der Waals surface area contributed by atoms with Crippen LogP contribution < -0.4 is 10.6 Å². The number of amides is 2. The number of benzene rings is 1. The normalized spacial score (nSPS) is 12.5. The molecule has 0 aliphatic rings. The summed E-state index contributed by atoms with van der Waals surface area (Å²) in [7, 11) is 1.27. The summed E-state index contributed by atoms with van der Waals surface area (Å²) in [6, 6.07) is 4.04. The Bertz CT molecular complexity index is 676. The molecule has 0 unspecified atom stereocenters. The third-order valence-electron chi connectivity index (χ3n) is 4.50. The van der Waals surface area contributed by atoms with Gasteiger partial charge >= 0.3 is 5.97 Å². The minimum absolute atomic E-state index is 0.182. The highest BCUT2D eigenvalue weighted by Crippen LogP contribution is 2.10. The molecule has 1 aromatic carbocycles. The number of rotatable bonds is 13. The summed E-state index contributed by atoms with van der Waals surface area (Å²) in [6.07, 6.45) is 7.23. The topological polar surface area (TPSA) is 84.5 Å². The molecule has 29 heavy (non-hydrogen) atoms. The van der Waals surface area contributed by atoms with Crippen LogP contribution >= 0.6 is 0 Å². The van der Waals surface area contributed by atoms with Gasteiger partial charge in [0.15, 0.2) is 0 Å². The Morgan fingerprint density at radius 2 is 1.72 bits per heavy atom. The van der Waals surface area contributed by atoms with E-state index in [-0.39, 0.29) is 18.1 Å². The van der Waals surface area contributed by atoms with Gasteiger partial charge < -0.3 is 15.4 Å². The van der Waals surface area contributed by atoms with Crippen molar-refractivity contribution < 1.29 is 23.5 Å². The van der Waals surface area contributed by atoms with Crippen molar-refractivity contribution in [3.8, 4) is 0 Å². The van der Waals surface area contributed by atoms with E-state index < -0.39 is 24.0 Å². The van der Waals surface area contributed by atoms with Crippen molar-refractivity contribution in [2.75, 3.05) is 7.11 Å². The Labute approximate surface area is 171 Å². The summed E-state index contributed by atoms with van der Waals surface area (Å²) < 4.78 is 17.9. The van der Waals surface area contributed by atoms with Gasteiger partial charge in [-0.3, -0.25) is 9.59 Å². The van der Waals surface area contributed by atoms with Gasteiger partial charge in [0.1, 0.15) is 17.9 Å². The summed E-state index contributed by atoms with van der Waals surface area (Å²) in [5.41, 5.74) is 0.692. The average molecular weight is 406 g/mol. The van der Waals surface area contributed by atoms with Crippen molar-refractivity contribution in [3.63, 3.8) is 0 Å². The number of carbonyl (C=O) groups is 3. The van der Waals surface area contributed by atoms with E-state index in [9.17, 15) is 18.8 Å². The second kappa shape index (κ2) is 13.5. The van der Waals surface area contributed by atoms with E-state index in [1.54, 1.807) is 12.1 Å². The molecule has 6 nitrogen and oxygen atoms in total. The first kappa shape index (κ1) is 24.3. The summed E-state index contributed by atoms with van der Waals surface area (Å²) in [4.78, 5) is 36.3. The number of allylic oxidation sites excluding steroid dienone is 1. The maximum atomic E-state index is 13.1. The van der Waals surface area contributed by atoms with Gasteiger partial charge in [0.05, 0.1) is 7.11 Å². The van der Waals surface area contributed by atoms with Crippen LogP contribution in [0.5, 0.6) is 0 Å². The predicted octanol–water partition coefficient (Wildman–Crippen LogP) is 3.06. The van der Waals surface area contributed by atoms with Crippen LogP contribution in [0.3, 0.4) is 0 Å². The van der Waals surface area contributed by atoms with Crippen LogP contribution in [-0.4, -0.2) is 37.0 Å². The summed E-state index contributed by atoms with van der Waals surface area (Å²) in [5, 5.41) is 5.28. The van der Waals surface area contributed by atoms with Crippen LogP contribution in [0.2, 0.25) is 0 Å². The zero-order chi connectivity index (χ0) is 21.6. The first-order valence-electron chi connectivity index (χ1n) is 9.88. The fourth-order valence-corrected chi connectivity index (χ4v) is 2.97. The van der Waals surface area contributed by atoms with Crippen LogP contribution in [-0.2, 0) is 25.5 Å². The zero-order valence-corrected chi connectivity index (χ0v) is 17.2. The Morgan fingerprint density at radius 1 is 1.07 bits per heavy atom. The minimum Gasteiger partial charge on any atom is -0.467 e. The fourth-order valence-electron chi connectivity index (χ4n) is 2.97. The van der Waals surface area contributed by atoms with Crippen LogP contribution in [0.4, 0.5) is 4.39 Å². The molecular formula is C22H31FN2O4. The van der Waals surface area contributed by atoms with Gasteiger partial charge in [0.25, 0.3) is 0 Å². The van der Waals surface area contributed by atoms with Crippen molar-refractivity contribution in [1.82, 2.24) is 10.6 Å². The Balaban J connectivity index is 2.71. The zero-order valence-electron chi connectivity index (χ0n) is 17.2. The number of ether oxygens (including phenoxy) is 1. The Hall–Kier alpha value is -2.70. The Kier molecular flexibility index (Phi) is 11.3. The number of hydrogen-bond donors (Lipinski definition) is 2. The molecule has 7 heteroatoms. The molecule has 0 aliphatic heterocycles. The van der Waals surface area contributed by atoms with E-state index >= 15 is 0 Å². The molecule has 0 fully saturated rings. The van der Waals surface area contributed by atoms with Gasteiger partial charge in [0.2, 0.25) is 11.8 Å². The number of nitrogens with one attached hydrogen (secondary N) is 2.